The largest absolute Gasteiger partial charge is 0.493 e. The number of aromatic hydroxyl groups is 1. The molecule has 0 aliphatic carbocycles. The van der Waals surface area contributed by atoms with Crippen LogP contribution in [0.5, 0.6) is 5.88 Å². The van der Waals surface area contributed by atoms with E-state index in [0.29, 0.717) is 17.9 Å². The Labute approximate surface area is 70.3 Å². The van der Waals surface area contributed by atoms with Crippen LogP contribution >= 0.6 is 0 Å². The second kappa shape index (κ2) is 3.38. The molecule has 0 spiro atoms. The maximum atomic E-state index is 11.1. The zero-order chi connectivity index (χ0) is 9.14. The van der Waals surface area contributed by atoms with E-state index in [9.17, 15) is 9.90 Å². The first-order chi connectivity index (χ1) is 5.61. The van der Waals surface area contributed by atoms with Crippen LogP contribution in [0.2, 0.25) is 0 Å². The Kier molecular flexibility index (Phi) is 2.47. The second-order valence-electron chi connectivity index (χ2n) is 3.13. The lowest BCUT2D eigenvalue weighted by Crippen LogP contribution is -2.14. The molecular weight excluding hydrogens is 156 g/mol. The molecule has 0 aliphatic rings. The highest BCUT2D eigenvalue weighted by Gasteiger charge is 2.08. The molecule has 0 unspecified atom stereocenters. The lowest BCUT2D eigenvalue weighted by atomic mass is 10.1. The molecule has 0 saturated carbocycles. The molecule has 66 valence electrons. The Hall–Kier alpha value is -1.32. The highest BCUT2D eigenvalue weighted by Crippen LogP contribution is 2.11. The summed E-state index contributed by atoms with van der Waals surface area (Å²) in [5.41, 5.74) is 0.115. The zero-order valence-electron chi connectivity index (χ0n) is 7.16. The molecule has 4 nitrogen and oxygen atoms in total. The van der Waals surface area contributed by atoms with Gasteiger partial charge in [0.25, 0.3) is 5.56 Å². The van der Waals surface area contributed by atoms with Crippen LogP contribution in [0.3, 0.4) is 0 Å². The molecule has 0 atom stereocenters. The van der Waals surface area contributed by atoms with Crippen molar-refractivity contribution in [3.63, 3.8) is 0 Å². The van der Waals surface area contributed by atoms with Gasteiger partial charge in [0.1, 0.15) is 0 Å². The fraction of sp³-hybridized carbons (Fsp3) is 0.500. The Balaban J connectivity index is 3.05. The number of rotatable bonds is 2. The van der Waals surface area contributed by atoms with Gasteiger partial charge in [-0.05, 0) is 12.3 Å². The Morgan fingerprint density at radius 1 is 1.67 bits per heavy atom. The predicted octanol–water partition coefficient (Wildman–Crippen LogP) is 0.674. The minimum absolute atomic E-state index is 0.160. The van der Waals surface area contributed by atoms with Crippen molar-refractivity contribution in [2.75, 3.05) is 0 Å². The van der Waals surface area contributed by atoms with Gasteiger partial charge in [0.2, 0.25) is 5.88 Å². The van der Waals surface area contributed by atoms with Gasteiger partial charge >= 0.3 is 0 Å². The van der Waals surface area contributed by atoms with Crippen molar-refractivity contribution in [3.8, 4) is 5.88 Å². The van der Waals surface area contributed by atoms with Gasteiger partial charge in [-0.15, -0.1) is 0 Å². The summed E-state index contributed by atoms with van der Waals surface area (Å²) in [6, 6.07) is 0. The van der Waals surface area contributed by atoms with Crippen LogP contribution in [0.15, 0.2) is 11.1 Å². The quantitative estimate of drug-likeness (QED) is 0.682. The first-order valence-corrected chi connectivity index (χ1v) is 3.86. The molecule has 1 rings (SSSR count). The SMILES string of the molecule is CC(C)Cc1c(O)nc[nH]c1=O. The first kappa shape index (κ1) is 8.77. The van der Waals surface area contributed by atoms with E-state index in [0.717, 1.165) is 0 Å². The summed E-state index contributed by atoms with van der Waals surface area (Å²) in [6.45, 7) is 3.96. The highest BCUT2D eigenvalue weighted by atomic mass is 16.3. The van der Waals surface area contributed by atoms with Crippen LogP contribution in [0.25, 0.3) is 0 Å². The molecule has 0 aromatic carbocycles. The van der Waals surface area contributed by atoms with Gasteiger partial charge in [0, 0.05) is 0 Å². The van der Waals surface area contributed by atoms with E-state index < -0.39 is 0 Å². The van der Waals surface area contributed by atoms with Gasteiger partial charge in [-0.3, -0.25) is 4.79 Å². The van der Waals surface area contributed by atoms with Gasteiger partial charge in [0.15, 0.2) is 0 Å². The van der Waals surface area contributed by atoms with Gasteiger partial charge in [-0.25, -0.2) is 4.98 Å². The van der Waals surface area contributed by atoms with Crippen LogP contribution in [-0.4, -0.2) is 15.1 Å². The van der Waals surface area contributed by atoms with E-state index in [-0.39, 0.29) is 11.4 Å². The van der Waals surface area contributed by atoms with Crippen LogP contribution in [0.4, 0.5) is 0 Å². The molecule has 0 amide bonds. The number of aromatic amines is 1. The zero-order valence-corrected chi connectivity index (χ0v) is 7.16. The molecule has 1 heterocycles. The van der Waals surface area contributed by atoms with Gasteiger partial charge in [-0.2, -0.15) is 0 Å². The van der Waals surface area contributed by atoms with Gasteiger partial charge in [-0.1, -0.05) is 13.8 Å². The third-order valence-corrected chi connectivity index (χ3v) is 1.54. The predicted molar refractivity (Wildman–Crippen MR) is 45.1 cm³/mol. The van der Waals surface area contributed by atoms with E-state index in [1.807, 2.05) is 13.8 Å². The van der Waals surface area contributed by atoms with Crippen molar-refractivity contribution in [1.82, 2.24) is 9.97 Å². The minimum Gasteiger partial charge on any atom is -0.493 e. The molecular formula is C8H12N2O2. The molecule has 4 heteroatoms. The van der Waals surface area contributed by atoms with E-state index in [2.05, 4.69) is 9.97 Å². The molecule has 2 N–H and O–H groups in total. The van der Waals surface area contributed by atoms with Crippen molar-refractivity contribution >= 4 is 0 Å². The molecule has 0 aliphatic heterocycles. The number of hydrogen-bond acceptors (Lipinski definition) is 3. The third-order valence-electron chi connectivity index (χ3n) is 1.54. The maximum absolute atomic E-state index is 11.1. The van der Waals surface area contributed by atoms with E-state index in [1.54, 1.807) is 0 Å². The molecule has 0 radical (unpaired) electrons. The monoisotopic (exact) mass is 168 g/mol. The molecule has 12 heavy (non-hydrogen) atoms. The highest BCUT2D eigenvalue weighted by molar-refractivity contribution is 5.20. The summed E-state index contributed by atoms with van der Waals surface area (Å²) in [5, 5.41) is 9.21. The standard InChI is InChI=1S/C8H12N2O2/c1-5(2)3-6-7(11)9-4-10-8(6)12/h4-5H,3H2,1-2H3,(H2,9,10,11,12). The van der Waals surface area contributed by atoms with E-state index in [4.69, 9.17) is 0 Å². The van der Waals surface area contributed by atoms with E-state index >= 15 is 0 Å². The first-order valence-electron chi connectivity index (χ1n) is 3.86. The summed E-state index contributed by atoms with van der Waals surface area (Å²) in [5.74, 6) is 0.175. The summed E-state index contributed by atoms with van der Waals surface area (Å²) in [4.78, 5) is 17.1. The molecule has 1 aromatic heterocycles. The normalized spacial score (nSPS) is 10.6. The van der Waals surface area contributed by atoms with Crippen LogP contribution in [0.1, 0.15) is 19.4 Å². The number of H-pyrrole nitrogens is 1. The van der Waals surface area contributed by atoms with E-state index in [1.165, 1.54) is 6.33 Å². The van der Waals surface area contributed by atoms with Crippen LogP contribution < -0.4 is 5.56 Å². The number of nitrogens with one attached hydrogen (secondary N) is 1. The van der Waals surface area contributed by atoms with Gasteiger partial charge < -0.3 is 10.1 Å². The molecule has 1 aromatic rings. The summed E-state index contributed by atoms with van der Waals surface area (Å²) >= 11 is 0. The minimum atomic E-state index is -0.254. The second-order valence-corrected chi connectivity index (χ2v) is 3.13. The van der Waals surface area contributed by atoms with Crippen molar-refractivity contribution in [3.05, 3.63) is 22.2 Å². The van der Waals surface area contributed by atoms with Crippen LogP contribution in [0, 0.1) is 5.92 Å². The summed E-state index contributed by atoms with van der Waals surface area (Å²) in [7, 11) is 0. The van der Waals surface area contributed by atoms with Crippen molar-refractivity contribution < 1.29 is 5.11 Å². The van der Waals surface area contributed by atoms with Crippen molar-refractivity contribution in [2.24, 2.45) is 5.92 Å². The molecule has 0 saturated heterocycles. The molecule has 0 bridgehead atoms. The molecule has 0 fully saturated rings. The average Bonchev–Trinajstić information content (AvgIpc) is 1.97. The number of nitrogens with zero attached hydrogens (tertiary/aromatic N) is 1. The lowest BCUT2D eigenvalue weighted by Gasteiger charge is -2.03. The number of hydrogen-bond donors (Lipinski definition) is 2. The average molecular weight is 168 g/mol. The summed E-state index contributed by atoms with van der Waals surface area (Å²) in [6.07, 6.45) is 1.75. The summed E-state index contributed by atoms with van der Waals surface area (Å²) < 4.78 is 0. The third kappa shape index (κ3) is 1.84. The number of aromatic nitrogens is 2. The Morgan fingerprint density at radius 3 is 2.83 bits per heavy atom. The Morgan fingerprint density at radius 2 is 2.33 bits per heavy atom. The Bertz CT molecular complexity index is 317. The van der Waals surface area contributed by atoms with Crippen LogP contribution in [-0.2, 0) is 6.42 Å². The maximum Gasteiger partial charge on any atom is 0.257 e. The fourth-order valence-electron chi connectivity index (χ4n) is 1.01. The van der Waals surface area contributed by atoms with Crippen molar-refractivity contribution in [2.45, 2.75) is 20.3 Å². The van der Waals surface area contributed by atoms with Gasteiger partial charge in [0.05, 0.1) is 11.9 Å². The fourth-order valence-corrected chi connectivity index (χ4v) is 1.01. The van der Waals surface area contributed by atoms with Crippen molar-refractivity contribution in [1.29, 1.82) is 0 Å². The smallest absolute Gasteiger partial charge is 0.257 e. The lowest BCUT2D eigenvalue weighted by molar-refractivity contribution is 0.437. The topological polar surface area (TPSA) is 66.0 Å².